The summed E-state index contributed by atoms with van der Waals surface area (Å²) in [5.41, 5.74) is 14.4. The summed E-state index contributed by atoms with van der Waals surface area (Å²) in [7, 11) is -6.21. The molecule has 16 aromatic rings. The normalized spacial score (nSPS) is 13.7. The summed E-state index contributed by atoms with van der Waals surface area (Å²) in [5.74, 6) is 1.67. The number of anilines is 6. The number of benzene rings is 13. The molecule has 90 heavy (non-hydrogen) atoms. The monoisotopic (exact) mass is 1180 g/mol. The molecule has 2 aliphatic heterocycles. The zero-order valence-electron chi connectivity index (χ0n) is 49.0. The van der Waals surface area contributed by atoms with Gasteiger partial charge in [-0.2, -0.15) is 0 Å². The van der Waals surface area contributed by atoms with Gasteiger partial charge in [0.1, 0.15) is 22.8 Å². The Morgan fingerprint density at radius 3 is 1.19 bits per heavy atom. The first-order valence-electron chi connectivity index (χ1n) is 30.9. The molecule has 18 rings (SSSR count). The molecule has 3 aromatic heterocycles. The zero-order chi connectivity index (χ0) is 59.3. The quantitative estimate of drug-likeness (QED) is 0.135. The standard InChI is InChI=1S/C83H56N4OSi2/c1-6-25-61(26-7-1)85-70-37-18-16-35-66(70)68-53-57(45-49-71(68)85)59-46-50-74-80(55-59)89(62-27-8-2-9-28-62,63-29-10-3-11-30-63)78-41-22-19-38-72(78)86(74)82-43-24-44-83(84-82)87-73-39-20-23-42-79(73)90(64-31-12-4-13-32-64,65-33-14-5-15-34-65)81-56-60(47-51-75(81)87)58-48-52-77-69(54-58)67-36-17-21-40-76(67)88-77/h1-56H. The maximum Gasteiger partial charge on any atom is 0.184 e. The van der Waals surface area contributed by atoms with Crippen molar-refractivity contribution in [2.24, 2.45) is 0 Å². The number of fused-ring (bicyclic) bond motifs is 10. The zero-order valence-corrected chi connectivity index (χ0v) is 51.0. The number of rotatable bonds is 9. The Bertz CT molecular complexity index is 5380. The number of pyridine rings is 1. The van der Waals surface area contributed by atoms with Gasteiger partial charge in [-0.25, -0.2) is 4.98 Å². The van der Waals surface area contributed by atoms with Gasteiger partial charge in [-0.05, 0) is 149 Å². The molecule has 5 nitrogen and oxygen atoms in total. The van der Waals surface area contributed by atoms with Crippen LogP contribution in [0.5, 0.6) is 0 Å². The van der Waals surface area contributed by atoms with E-state index in [9.17, 15) is 0 Å². The molecule has 0 saturated heterocycles. The molecule has 0 saturated carbocycles. The average molecular weight is 1180 g/mol. The highest BCUT2D eigenvalue weighted by Crippen LogP contribution is 2.44. The van der Waals surface area contributed by atoms with Crippen molar-refractivity contribution < 1.29 is 4.42 Å². The maximum atomic E-state index is 6.38. The third kappa shape index (κ3) is 7.70. The van der Waals surface area contributed by atoms with Gasteiger partial charge in [-0.3, -0.25) is 9.80 Å². The predicted molar refractivity (Wildman–Crippen MR) is 380 cm³/mol. The highest BCUT2D eigenvalue weighted by molar-refractivity contribution is 7.22. The van der Waals surface area contributed by atoms with Crippen molar-refractivity contribution >= 4 is 136 Å². The largest absolute Gasteiger partial charge is 0.456 e. The summed E-state index contributed by atoms with van der Waals surface area (Å²) in [5, 5.41) is 15.2. The van der Waals surface area contributed by atoms with Crippen molar-refractivity contribution in [2.45, 2.75) is 0 Å². The Morgan fingerprint density at radius 2 is 0.644 bits per heavy atom. The predicted octanol–water partition coefficient (Wildman–Crippen LogP) is 15.7. The minimum absolute atomic E-state index is 0.836. The molecule has 13 aromatic carbocycles. The average Bonchev–Trinajstić information content (AvgIpc) is 0.948. The first-order valence-corrected chi connectivity index (χ1v) is 34.9. The fourth-order valence-electron chi connectivity index (χ4n) is 15.3. The summed E-state index contributed by atoms with van der Waals surface area (Å²) in [6.07, 6.45) is 0. The van der Waals surface area contributed by atoms with Crippen LogP contribution in [0.1, 0.15) is 0 Å². The lowest BCUT2D eigenvalue weighted by atomic mass is 10.0. The van der Waals surface area contributed by atoms with E-state index in [2.05, 4.69) is 348 Å². The summed E-state index contributed by atoms with van der Waals surface area (Å²) in [6, 6.07) is 126. The van der Waals surface area contributed by atoms with Crippen LogP contribution in [0.25, 0.3) is 71.7 Å². The molecule has 0 radical (unpaired) electrons. The molecule has 7 heteroatoms. The van der Waals surface area contributed by atoms with Gasteiger partial charge >= 0.3 is 0 Å². The van der Waals surface area contributed by atoms with Crippen LogP contribution in [0.2, 0.25) is 0 Å². The van der Waals surface area contributed by atoms with Gasteiger partial charge in [0.2, 0.25) is 0 Å². The summed E-state index contributed by atoms with van der Waals surface area (Å²) in [4.78, 5) is 10.9. The first-order chi connectivity index (χ1) is 44.6. The van der Waals surface area contributed by atoms with E-state index in [-0.39, 0.29) is 0 Å². The molecule has 0 bridgehead atoms. The van der Waals surface area contributed by atoms with Crippen molar-refractivity contribution in [3.8, 4) is 27.9 Å². The molecule has 0 aliphatic carbocycles. The van der Waals surface area contributed by atoms with Crippen molar-refractivity contribution in [1.82, 2.24) is 9.55 Å². The van der Waals surface area contributed by atoms with Gasteiger partial charge in [-0.1, -0.05) is 255 Å². The molecule has 422 valence electrons. The van der Waals surface area contributed by atoms with Crippen LogP contribution >= 0.6 is 0 Å². The second-order valence-electron chi connectivity index (χ2n) is 23.7. The van der Waals surface area contributed by atoms with Crippen LogP contribution in [0.15, 0.2) is 344 Å². The number of aromatic nitrogens is 2. The molecular weight excluding hydrogens is 1130 g/mol. The Kier molecular flexibility index (Phi) is 11.9. The van der Waals surface area contributed by atoms with E-state index in [1.807, 2.05) is 6.07 Å². The summed E-state index contributed by atoms with van der Waals surface area (Å²) < 4.78 is 8.78. The van der Waals surface area contributed by atoms with Gasteiger partial charge in [0.25, 0.3) is 0 Å². The second kappa shape index (κ2) is 20.6. The lowest BCUT2D eigenvalue weighted by Crippen LogP contribution is -2.77. The van der Waals surface area contributed by atoms with Crippen molar-refractivity contribution in [1.29, 1.82) is 0 Å². The fourth-order valence-corrected chi connectivity index (χ4v) is 25.6. The molecule has 0 fully saturated rings. The van der Waals surface area contributed by atoms with Gasteiger partial charge in [-0.15, -0.1) is 0 Å². The Labute approximate surface area is 523 Å². The van der Waals surface area contributed by atoms with Crippen LogP contribution in [-0.2, 0) is 0 Å². The smallest absolute Gasteiger partial charge is 0.184 e. The lowest BCUT2D eigenvalue weighted by molar-refractivity contribution is 0.669. The number of para-hydroxylation sites is 5. The minimum Gasteiger partial charge on any atom is -0.456 e. The van der Waals surface area contributed by atoms with E-state index < -0.39 is 16.1 Å². The Balaban J connectivity index is 0.858. The molecule has 0 unspecified atom stereocenters. The first kappa shape index (κ1) is 51.8. The number of hydrogen-bond donors (Lipinski definition) is 0. The molecule has 2 aliphatic rings. The van der Waals surface area contributed by atoms with E-state index in [0.29, 0.717) is 0 Å². The molecule has 5 heterocycles. The number of furan rings is 1. The topological polar surface area (TPSA) is 37.4 Å². The highest BCUT2D eigenvalue weighted by atomic mass is 28.3. The van der Waals surface area contributed by atoms with Gasteiger partial charge in [0.05, 0.1) is 11.0 Å². The minimum atomic E-state index is -3.12. The lowest BCUT2D eigenvalue weighted by Gasteiger charge is -2.46. The Morgan fingerprint density at radius 1 is 0.256 bits per heavy atom. The molecule has 0 spiro atoms. The van der Waals surface area contributed by atoms with Crippen LogP contribution in [0, 0.1) is 0 Å². The van der Waals surface area contributed by atoms with Crippen LogP contribution in [0.3, 0.4) is 0 Å². The SMILES string of the molecule is c1ccc(-n2c3ccccc3c3cc(-c4ccc5c(c4)[Si](c4ccccc4)(c4ccccc4)c4ccccc4N5c4cccc(N5c6ccccc6[Si](c6ccccc6)(c6ccccc6)c6cc(-c7ccc8oc9ccccc9c8c7)ccc65)n4)ccc32)cc1. The van der Waals surface area contributed by atoms with E-state index in [1.54, 1.807) is 0 Å². The van der Waals surface area contributed by atoms with Gasteiger partial charge in [0, 0.05) is 50.0 Å². The Hall–Kier alpha value is -11.4. The van der Waals surface area contributed by atoms with E-state index >= 15 is 0 Å². The van der Waals surface area contributed by atoms with Crippen molar-refractivity contribution in [3.05, 3.63) is 340 Å². The van der Waals surface area contributed by atoms with Gasteiger partial charge in [0.15, 0.2) is 16.1 Å². The number of hydrogen-bond acceptors (Lipinski definition) is 4. The van der Waals surface area contributed by atoms with Crippen LogP contribution in [0.4, 0.5) is 34.4 Å². The van der Waals surface area contributed by atoms with Crippen LogP contribution in [-0.4, -0.2) is 25.7 Å². The second-order valence-corrected chi connectivity index (χ2v) is 31.2. The van der Waals surface area contributed by atoms with E-state index in [1.165, 1.54) is 74.4 Å². The fraction of sp³-hybridized carbons (Fsp3) is 0. The highest BCUT2D eigenvalue weighted by Gasteiger charge is 2.51. The van der Waals surface area contributed by atoms with Crippen molar-refractivity contribution in [3.63, 3.8) is 0 Å². The number of nitrogens with zero attached hydrogens (tertiary/aromatic N) is 4. The van der Waals surface area contributed by atoms with Gasteiger partial charge < -0.3 is 8.98 Å². The molecule has 0 N–H and O–H groups in total. The molecule has 0 amide bonds. The maximum absolute atomic E-state index is 6.38. The van der Waals surface area contributed by atoms with E-state index in [0.717, 1.165) is 73.1 Å². The van der Waals surface area contributed by atoms with E-state index in [4.69, 9.17) is 9.40 Å². The molecular formula is C83H56N4OSi2. The van der Waals surface area contributed by atoms with Crippen molar-refractivity contribution in [2.75, 3.05) is 9.80 Å². The third-order valence-corrected chi connectivity index (χ3v) is 28.8. The third-order valence-electron chi connectivity index (χ3n) is 19.1. The summed E-state index contributed by atoms with van der Waals surface area (Å²) >= 11 is 0. The molecule has 0 atom stereocenters. The summed E-state index contributed by atoms with van der Waals surface area (Å²) in [6.45, 7) is 0. The van der Waals surface area contributed by atoms with Crippen LogP contribution < -0.4 is 51.3 Å².